The van der Waals surface area contributed by atoms with Crippen LogP contribution < -0.4 is 5.48 Å². The van der Waals surface area contributed by atoms with E-state index in [0.29, 0.717) is 12.5 Å². The number of piperidine rings is 1. The SMILES string of the molecule is CC[C@]12CCCN3CCc4c(n(c5ccccc45)C(NO)(C(=O)OC)C1)[C@@H]32. The van der Waals surface area contributed by atoms with E-state index in [9.17, 15) is 10.0 Å². The van der Waals surface area contributed by atoms with Gasteiger partial charge in [-0.25, -0.2) is 4.79 Å². The van der Waals surface area contributed by atoms with E-state index in [0.717, 1.165) is 44.3 Å². The summed E-state index contributed by atoms with van der Waals surface area (Å²) < 4.78 is 7.27. The lowest BCUT2D eigenvalue weighted by molar-refractivity contribution is -0.173. The summed E-state index contributed by atoms with van der Waals surface area (Å²) in [5, 5.41) is 11.5. The van der Waals surface area contributed by atoms with Crippen molar-refractivity contribution in [1.29, 1.82) is 0 Å². The molecule has 3 aliphatic heterocycles. The molecule has 0 aliphatic carbocycles. The number of hydrogen-bond acceptors (Lipinski definition) is 5. The molecule has 6 heteroatoms. The number of ether oxygens (including phenoxy) is 1. The highest BCUT2D eigenvalue weighted by Crippen LogP contribution is 2.60. The van der Waals surface area contributed by atoms with Crippen LogP contribution in [0.1, 0.15) is 49.9 Å². The average Bonchev–Trinajstić information content (AvgIpc) is 3.07. The maximum absolute atomic E-state index is 13.1. The largest absolute Gasteiger partial charge is 0.466 e. The lowest BCUT2D eigenvalue weighted by atomic mass is 9.61. The molecule has 4 heterocycles. The Morgan fingerprint density at radius 2 is 2.19 bits per heavy atom. The van der Waals surface area contributed by atoms with Crippen molar-refractivity contribution in [2.24, 2.45) is 5.41 Å². The van der Waals surface area contributed by atoms with Crippen LogP contribution in [0, 0.1) is 5.41 Å². The van der Waals surface area contributed by atoms with Gasteiger partial charge in [-0.15, -0.1) is 0 Å². The third-order valence-corrected chi connectivity index (χ3v) is 7.40. The fourth-order valence-corrected chi connectivity index (χ4v) is 6.27. The molecule has 27 heavy (non-hydrogen) atoms. The van der Waals surface area contributed by atoms with Gasteiger partial charge in [-0.2, -0.15) is 5.48 Å². The number of aromatic nitrogens is 1. The number of esters is 1. The van der Waals surface area contributed by atoms with Crippen molar-refractivity contribution >= 4 is 16.9 Å². The van der Waals surface area contributed by atoms with Crippen molar-refractivity contribution in [3.63, 3.8) is 0 Å². The fourth-order valence-electron chi connectivity index (χ4n) is 6.27. The zero-order valence-electron chi connectivity index (χ0n) is 16.0. The van der Waals surface area contributed by atoms with E-state index in [1.54, 1.807) is 0 Å². The zero-order chi connectivity index (χ0) is 18.8. The second-order valence-electron chi connectivity index (χ2n) is 8.36. The fraction of sp³-hybridized carbons (Fsp3) is 0.571. The van der Waals surface area contributed by atoms with Gasteiger partial charge in [0.25, 0.3) is 0 Å². The van der Waals surface area contributed by atoms with Crippen LogP contribution in [0.5, 0.6) is 0 Å². The summed E-state index contributed by atoms with van der Waals surface area (Å²) in [6, 6.07) is 8.53. The van der Waals surface area contributed by atoms with Crippen molar-refractivity contribution in [2.45, 2.75) is 50.7 Å². The van der Waals surface area contributed by atoms with Gasteiger partial charge in [0.15, 0.2) is 0 Å². The quantitative estimate of drug-likeness (QED) is 0.643. The van der Waals surface area contributed by atoms with Gasteiger partial charge >= 0.3 is 5.97 Å². The summed E-state index contributed by atoms with van der Waals surface area (Å²) in [5.41, 5.74) is 4.61. The van der Waals surface area contributed by atoms with Gasteiger partial charge in [0.2, 0.25) is 5.66 Å². The van der Waals surface area contributed by atoms with E-state index < -0.39 is 11.6 Å². The van der Waals surface area contributed by atoms with Gasteiger partial charge in [0.05, 0.1) is 18.7 Å². The molecule has 1 aromatic carbocycles. The minimum Gasteiger partial charge on any atom is -0.466 e. The third-order valence-electron chi connectivity index (χ3n) is 7.40. The van der Waals surface area contributed by atoms with Gasteiger partial charge in [0.1, 0.15) is 0 Å². The van der Waals surface area contributed by atoms with Crippen molar-refractivity contribution in [1.82, 2.24) is 14.9 Å². The number of benzene rings is 1. The van der Waals surface area contributed by atoms with Crippen LogP contribution in [0.25, 0.3) is 10.9 Å². The molecule has 1 aromatic heterocycles. The molecule has 3 aliphatic rings. The molecule has 1 saturated heterocycles. The van der Waals surface area contributed by atoms with Crippen LogP contribution in [0.3, 0.4) is 0 Å². The Balaban J connectivity index is 1.91. The predicted molar refractivity (Wildman–Crippen MR) is 101 cm³/mol. The minimum atomic E-state index is -1.28. The lowest BCUT2D eigenvalue weighted by Crippen LogP contribution is -2.64. The first kappa shape index (κ1) is 17.2. The average molecular weight is 369 g/mol. The van der Waals surface area contributed by atoms with E-state index in [1.807, 2.05) is 6.07 Å². The van der Waals surface area contributed by atoms with Crippen molar-refractivity contribution in [3.8, 4) is 0 Å². The number of nitrogens with zero attached hydrogens (tertiary/aromatic N) is 2. The normalized spacial score (nSPS) is 32.3. The number of nitrogens with one attached hydrogen (secondary N) is 1. The van der Waals surface area contributed by atoms with E-state index >= 15 is 0 Å². The number of carbonyl (C=O) groups excluding carboxylic acids is 1. The van der Waals surface area contributed by atoms with Crippen LogP contribution in [0.2, 0.25) is 0 Å². The summed E-state index contributed by atoms with van der Waals surface area (Å²) in [4.78, 5) is 15.7. The highest BCUT2D eigenvalue weighted by atomic mass is 16.5. The summed E-state index contributed by atoms with van der Waals surface area (Å²) in [7, 11) is 1.40. The van der Waals surface area contributed by atoms with Gasteiger partial charge in [-0.05, 0) is 49.3 Å². The van der Waals surface area contributed by atoms with Crippen LogP contribution in [-0.2, 0) is 21.6 Å². The predicted octanol–water partition coefficient (Wildman–Crippen LogP) is 2.94. The molecule has 2 aromatic rings. The third kappa shape index (κ3) is 1.98. The molecule has 6 nitrogen and oxygen atoms in total. The molecular weight excluding hydrogens is 342 g/mol. The second kappa shape index (κ2) is 5.80. The molecule has 5 rings (SSSR count). The molecule has 0 saturated carbocycles. The van der Waals surface area contributed by atoms with Crippen molar-refractivity contribution in [3.05, 3.63) is 35.5 Å². The summed E-state index contributed by atoms with van der Waals surface area (Å²) in [6.45, 7) is 4.38. The van der Waals surface area contributed by atoms with Crippen LogP contribution >= 0.6 is 0 Å². The van der Waals surface area contributed by atoms with Gasteiger partial charge < -0.3 is 14.5 Å². The number of hydroxylamine groups is 1. The first-order chi connectivity index (χ1) is 13.1. The Bertz CT molecular complexity index is 923. The van der Waals surface area contributed by atoms with Gasteiger partial charge in [0, 0.05) is 24.0 Å². The summed E-state index contributed by atoms with van der Waals surface area (Å²) >= 11 is 0. The maximum Gasteiger partial charge on any atom is 0.349 e. The monoisotopic (exact) mass is 369 g/mol. The Labute approximate surface area is 159 Å². The Morgan fingerprint density at radius 1 is 1.37 bits per heavy atom. The molecule has 0 spiro atoms. The molecule has 3 atom stereocenters. The van der Waals surface area contributed by atoms with E-state index in [2.05, 4.69) is 40.1 Å². The number of carbonyl (C=O) groups is 1. The number of para-hydroxylation sites is 1. The standard InChI is InChI=1S/C21H27N3O3/c1-3-20-10-6-11-23-12-9-15-14-7-4-5-8-16(14)24(17(15)18(20)23)21(13-20,22-26)19(25)27-2/h4-5,7-8,18,22,26H,3,6,9-13H2,1-2H3/t18-,20+,21?/m1/s1. The number of hydrogen-bond donors (Lipinski definition) is 2. The van der Waals surface area contributed by atoms with Crippen LogP contribution in [0.4, 0.5) is 0 Å². The highest BCUT2D eigenvalue weighted by Gasteiger charge is 2.60. The van der Waals surface area contributed by atoms with Gasteiger partial charge in [-0.3, -0.25) is 4.90 Å². The Hall–Kier alpha value is -1.89. The van der Waals surface area contributed by atoms with Crippen LogP contribution in [-0.4, -0.2) is 40.8 Å². The summed E-state index contributed by atoms with van der Waals surface area (Å²) in [6.07, 6.45) is 4.66. The van der Waals surface area contributed by atoms with Crippen molar-refractivity contribution in [2.75, 3.05) is 20.2 Å². The van der Waals surface area contributed by atoms with E-state index in [-0.39, 0.29) is 5.41 Å². The molecule has 0 radical (unpaired) electrons. The topological polar surface area (TPSA) is 66.7 Å². The number of rotatable bonds is 3. The molecule has 1 unspecified atom stereocenters. The van der Waals surface area contributed by atoms with E-state index in [4.69, 9.17) is 4.74 Å². The van der Waals surface area contributed by atoms with E-state index in [1.165, 1.54) is 23.8 Å². The molecule has 0 bridgehead atoms. The molecule has 0 amide bonds. The van der Waals surface area contributed by atoms with Crippen molar-refractivity contribution < 1.29 is 14.7 Å². The molecule has 2 N–H and O–H groups in total. The van der Waals surface area contributed by atoms with Crippen LogP contribution in [0.15, 0.2) is 24.3 Å². The molecule has 144 valence electrons. The highest BCUT2D eigenvalue weighted by molar-refractivity contribution is 5.90. The Kier molecular flexibility index (Phi) is 3.70. The zero-order valence-corrected chi connectivity index (χ0v) is 16.0. The second-order valence-corrected chi connectivity index (χ2v) is 8.36. The first-order valence-electron chi connectivity index (χ1n) is 9.98. The smallest absolute Gasteiger partial charge is 0.349 e. The maximum atomic E-state index is 13.1. The Morgan fingerprint density at radius 3 is 2.93 bits per heavy atom. The first-order valence-corrected chi connectivity index (χ1v) is 9.98. The molecular formula is C21H27N3O3. The van der Waals surface area contributed by atoms with Gasteiger partial charge in [-0.1, -0.05) is 25.1 Å². The minimum absolute atomic E-state index is 0.0539. The number of methoxy groups -OCH3 is 1. The molecule has 1 fully saturated rings. The lowest BCUT2D eigenvalue weighted by Gasteiger charge is -2.58. The number of fused-ring (bicyclic) bond motifs is 3. The summed E-state index contributed by atoms with van der Waals surface area (Å²) in [5.74, 6) is -0.428.